The van der Waals surface area contributed by atoms with Crippen molar-refractivity contribution in [1.29, 1.82) is 0 Å². The molecule has 1 N–H and O–H groups in total. The number of carbonyl (C=O) groups excluding carboxylic acids is 1. The predicted molar refractivity (Wildman–Crippen MR) is 98.8 cm³/mol. The van der Waals surface area contributed by atoms with Crippen LogP contribution in [0.15, 0.2) is 42.5 Å². The lowest BCUT2D eigenvalue weighted by atomic mass is 9.96. The highest BCUT2D eigenvalue weighted by molar-refractivity contribution is 5.81. The highest BCUT2D eigenvalue weighted by Crippen LogP contribution is 2.33. The molecule has 1 aromatic heterocycles. The van der Waals surface area contributed by atoms with Gasteiger partial charge in [-0.3, -0.25) is 4.79 Å². The third kappa shape index (κ3) is 3.10. The van der Waals surface area contributed by atoms with Gasteiger partial charge in [-0.2, -0.15) is 0 Å². The molecule has 0 fully saturated rings. The van der Waals surface area contributed by atoms with Crippen molar-refractivity contribution in [3.8, 4) is 22.5 Å². The average molecular weight is 347 g/mol. The number of aromatic nitrogens is 4. The topological polar surface area (TPSA) is 74.8 Å². The Bertz CT molecular complexity index is 920. The van der Waals surface area contributed by atoms with Crippen LogP contribution in [0.5, 0.6) is 0 Å². The Morgan fingerprint density at radius 1 is 1.12 bits per heavy atom. The summed E-state index contributed by atoms with van der Waals surface area (Å²) in [5.41, 5.74) is 5.60. The largest absolute Gasteiger partial charge is 0.334 e. The SMILES string of the molecule is CCCCC(=O)N1Cc2ccc(-c3ccccc3-c3nnn[nH]3)cc2C1. The van der Waals surface area contributed by atoms with Crippen LogP contribution in [0.3, 0.4) is 0 Å². The van der Waals surface area contributed by atoms with E-state index in [1.54, 1.807) is 0 Å². The van der Waals surface area contributed by atoms with E-state index in [-0.39, 0.29) is 5.91 Å². The van der Waals surface area contributed by atoms with E-state index in [2.05, 4.69) is 51.8 Å². The molecule has 0 atom stereocenters. The number of hydrogen-bond donors (Lipinski definition) is 1. The Balaban J connectivity index is 1.62. The zero-order valence-corrected chi connectivity index (χ0v) is 14.8. The summed E-state index contributed by atoms with van der Waals surface area (Å²) in [6.07, 6.45) is 2.64. The zero-order valence-electron chi connectivity index (χ0n) is 14.8. The zero-order chi connectivity index (χ0) is 17.9. The molecule has 1 amide bonds. The van der Waals surface area contributed by atoms with Crippen molar-refractivity contribution in [2.75, 3.05) is 0 Å². The summed E-state index contributed by atoms with van der Waals surface area (Å²) in [6.45, 7) is 3.52. The van der Waals surface area contributed by atoms with Gasteiger partial charge in [0.1, 0.15) is 0 Å². The number of benzene rings is 2. The molecule has 3 aromatic rings. The van der Waals surface area contributed by atoms with E-state index in [1.165, 1.54) is 11.1 Å². The van der Waals surface area contributed by atoms with E-state index >= 15 is 0 Å². The maximum absolute atomic E-state index is 12.3. The minimum Gasteiger partial charge on any atom is -0.334 e. The summed E-state index contributed by atoms with van der Waals surface area (Å²) < 4.78 is 0. The first-order valence-corrected chi connectivity index (χ1v) is 8.99. The molecule has 0 saturated heterocycles. The molecule has 2 aromatic carbocycles. The molecule has 26 heavy (non-hydrogen) atoms. The van der Waals surface area contributed by atoms with Gasteiger partial charge in [-0.15, -0.1) is 5.10 Å². The van der Waals surface area contributed by atoms with Gasteiger partial charge in [0.15, 0.2) is 5.82 Å². The molecule has 0 saturated carbocycles. The smallest absolute Gasteiger partial charge is 0.223 e. The lowest BCUT2D eigenvalue weighted by Gasteiger charge is -2.14. The fraction of sp³-hybridized carbons (Fsp3) is 0.300. The standard InChI is InChI=1S/C20H21N5O/c1-2-3-8-19(26)25-12-15-10-9-14(11-16(15)13-25)17-6-4-5-7-18(17)20-21-23-24-22-20/h4-7,9-11H,2-3,8,12-13H2,1H3,(H,21,22,23,24). The molecule has 0 bridgehead atoms. The summed E-state index contributed by atoms with van der Waals surface area (Å²) in [6, 6.07) is 14.5. The number of nitrogens with zero attached hydrogens (tertiary/aromatic N) is 4. The summed E-state index contributed by atoms with van der Waals surface area (Å²) in [7, 11) is 0. The normalized spacial score (nSPS) is 13.0. The van der Waals surface area contributed by atoms with Crippen LogP contribution in [0, 0.1) is 0 Å². The van der Waals surface area contributed by atoms with Crippen molar-refractivity contribution < 1.29 is 4.79 Å². The number of tetrazole rings is 1. The van der Waals surface area contributed by atoms with Gasteiger partial charge in [0.25, 0.3) is 0 Å². The third-order valence-electron chi connectivity index (χ3n) is 4.86. The molecule has 0 aliphatic carbocycles. The second kappa shape index (κ2) is 7.07. The van der Waals surface area contributed by atoms with E-state index in [0.29, 0.717) is 25.3 Å². The minimum atomic E-state index is 0.248. The molecule has 1 aliphatic heterocycles. The van der Waals surface area contributed by atoms with Crippen molar-refractivity contribution in [2.24, 2.45) is 0 Å². The van der Waals surface area contributed by atoms with Gasteiger partial charge in [-0.1, -0.05) is 49.7 Å². The van der Waals surface area contributed by atoms with Crippen molar-refractivity contribution in [2.45, 2.75) is 39.3 Å². The predicted octanol–water partition coefficient (Wildman–Crippen LogP) is 3.57. The Labute approximate surface area is 152 Å². The Hall–Kier alpha value is -3.02. The molecular formula is C20H21N5O. The van der Waals surface area contributed by atoms with Gasteiger partial charge >= 0.3 is 0 Å². The van der Waals surface area contributed by atoms with E-state index in [4.69, 9.17) is 0 Å². The minimum absolute atomic E-state index is 0.248. The van der Waals surface area contributed by atoms with E-state index in [9.17, 15) is 4.79 Å². The number of hydrogen-bond acceptors (Lipinski definition) is 4. The van der Waals surface area contributed by atoms with Crippen LogP contribution in [-0.4, -0.2) is 31.4 Å². The monoisotopic (exact) mass is 347 g/mol. The molecule has 6 nitrogen and oxygen atoms in total. The van der Waals surface area contributed by atoms with Crippen LogP contribution in [0.4, 0.5) is 0 Å². The van der Waals surface area contributed by atoms with Gasteiger partial charge in [0.05, 0.1) is 0 Å². The van der Waals surface area contributed by atoms with E-state index < -0.39 is 0 Å². The van der Waals surface area contributed by atoms with Crippen molar-refractivity contribution >= 4 is 5.91 Å². The highest BCUT2D eigenvalue weighted by atomic mass is 16.2. The van der Waals surface area contributed by atoms with Crippen molar-refractivity contribution in [3.05, 3.63) is 53.6 Å². The Morgan fingerprint density at radius 2 is 1.92 bits per heavy atom. The van der Waals surface area contributed by atoms with Gasteiger partial charge in [0.2, 0.25) is 5.91 Å². The maximum atomic E-state index is 12.3. The first kappa shape index (κ1) is 16.4. The summed E-state index contributed by atoms with van der Waals surface area (Å²) in [5.74, 6) is 0.898. The third-order valence-corrected chi connectivity index (χ3v) is 4.86. The summed E-state index contributed by atoms with van der Waals surface area (Å²) in [4.78, 5) is 14.3. The number of nitrogens with one attached hydrogen (secondary N) is 1. The van der Waals surface area contributed by atoms with Crippen molar-refractivity contribution in [3.63, 3.8) is 0 Å². The van der Waals surface area contributed by atoms with Crippen LogP contribution in [-0.2, 0) is 17.9 Å². The number of fused-ring (bicyclic) bond motifs is 1. The molecular weight excluding hydrogens is 326 g/mol. The molecule has 4 rings (SSSR count). The number of aromatic amines is 1. The first-order chi connectivity index (χ1) is 12.8. The second-order valence-corrected chi connectivity index (χ2v) is 6.63. The number of unbranched alkanes of at least 4 members (excludes halogenated alkanes) is 1. The van der Waals surface area contributed by atoms with Crippen LogP contribution in [0.2, 0.25) is 0 Å². The summed E-state index contributed by atoms with van der Waals surface area (Å²) in [5, 5.41) is 14.2. The lowest BCUT2D eigenvalue weighted by Crippen LogP contribution is -2.24. The molecule has 6 heteroatoms. The molecule has 0 unspecified atom stereocenters. The van der Waals surface area contributed by atoms with E-state index in [0.717, 1.165) is 29.5 Å². The fourth-order valence-corrected chi connectivity index (χ4v) is 3.44. The molecule has 132 valence electrons. The average Bonchev–Trinajstić information content (AvgIpc) is 3.35. The van der Waals surface area contributed by atoms with Gasteiger partial charge in [-0.25, -0.2) is 5.10 Å². The van der Waals surface area contributed by atoms with Gasteiger partial charge in [-0.05, 0) is 45.2 Å². The number of carbonyl (C=O) groups is 1. The summed E-state index contributed by atoms with van der Waals surface area (Å²) >= 11 is 0. The molecule has 0 radical (unpaired) electrons. The van der Waals surface area contributed by atoms with E-state index in [1.807, 2.05) is 23.1 Å². The van der Waals surface area contributed by atoms with Crippen LogP contribution < -0.4 is 0 Å². The number of rotatable bonds is 5. The van der Waals surface area contributed by atoms with Gasteiger partial charge in [0, 0.05) is 25.1 Å². The molecule has 0 spiro atoms. The second-order valence-electron chi connectivity index (χ2n) is 6.63. The van der Waals surface area contributed by atoms with Gasteiger partial charge < -0.3 is 4.90 Å². The quantitative estimate of drug-likeness (QED) is 0.766. The molecule has 1 aliphatic rings. The lowest BCUT2D eigenvalue weighted by molar-refractivity contribution is -0.131. The Kier molecular flexibility index (Phi) is 4.48. The molecule has 2 heterocycles. The Morgan fingerprint density at radius 3 is 2.69 bits per heavy atom. The van der Waals surface area contributed by atoms with Crippen LogP contribution in [0.25, 0.3) is 22.5 Å². The fourth-order valence-electron chi connectivity index (χ4n) is 3.44. The van der Waals surface area contributed by atoms with Crippen LogP contribution >= 0.6 is 0 Å². The highest BCUT2D eigenvalue weighted by Gasteiger charge is 2.23. The maximum Gasteiger partial charge on any atom is 0.223 e. The number of amides is 1. The first-order valence-electron chi connectivity index (χ1n) is 8.99. The van der Waals surface area contributed by atoms with Crippen molar-refractivity contribution in [1.82, 2.24) is 25.5 Å². The number of H-pyrrole nitrogens is 1. The van der Waals surface area contributed by atoms with Crippen LogP contribution in [0.1, 0.15) is 37.3 Å².